The first-order valence-electron chi connectivity index (χ1n) is 6.37. The second kappa shape index (κ2) is 7.37. The maximum Gasteiger partial charge on any atom is 0.336 e. The second-order valence-corrected chi connectivity index (χ2v) is 7.40. The SMILES string of the molecule is CCCCN(CC)S(=O)(=O)c1ccc(I)c(C(=O)O)c1. The number of nitrogens with zero attached hydrogens (tertiary/aromatic N) is 1. The fraction of sp³-hybridized carbons (Fsp3) is 0.462. The van der Waals surface area contributed by atoms with Gasteiger partial charge in [-0.3, -0.25) is 0 Å². The van der Waals surface area contributed by atoms with Crippen LogP contribution in [0.4, 0.5) is 0 Å². The minimum atomic E-state index is -3.63. The highest BCUT2D eigenvalue weighted by Crippen LogP contribution is 2.21. The zero-order valence-corrected chi connectivity index (χ0v) is 14.4. The number of hydrogen-bond donors (Lipinski definition) is 1. The van der Waals surface area contributed by atoms with Crippen molar-refractivity contribution in [2.75, 3.05) is 13.1 Å². The largest absolute Gasteiger partial charge is 0.478 e. The van der Waals surface area contributed by atoms with Gasteiger partial charge in [-0.1, -0.05) is 20.3 Å². The third-order valence-electron chi connectivity index (χ3n) is 2.92. The number of rotatable bonds is 7. The molecule has 112 valence electrons. The van der Waals surface area contributed by atoms with Crippen LogP contribution < -0.4 is 0 Å². The Kier molecular flexibility index (Phi) is 6.41. The minimum Gasteiger partial charge on any atom is -0.478 e. The maximum absolute atomic E-state index is 12.5. The molecule has 0 saturated carbocycles. The van der Waals surface area contributed by atoms with Crippen LogP contribution in [0.2, 0.25) is 0 Å². The van der Waals surface area contributed by atoms with Gasteiger partial charge in [-0.2, -0.15) is 4.31 Å². The van der Waals surface area contributed by atoms with Gasteiger partial charge in [-0.25, -0.2) is 13.2 Å². The van der Waals surface area contributed by atoms with Crippen LogP contribution in [0.5, 0.6) is 0 Å². The average Bonchev–Trinajstić information content (AvgIpc) is 2.39. The lowest BCUT2D eigenvalue weighted by atomic mass is 10.2. The third kappa shape index (κ3) is 3.92. The lowest BCUT2D eigenvalue weighted by Gasteiger charge is -2.20. The smallest absolute Gasteiger partial charge is 0.336 e. The standard InChI is InChI=1S/C13H18INO4S/c1-3-5-8-15(4-2)20(18,19)10-6-7-12(14)11(9-10)13(16)17/h6-7,9H,3-5,8H2,1-2H3,(H,16,17). The van der Waals surface area contributed by atoms with E-state index < -0.39 is 16.0 Å². The first-order valence-corrected chi connectivity index (χ1v) is 8.89. The molecule has 0 radical (unpaired) electrons. The van der Waals surface area contributed by atoms with E-state index in [9.17, 15) is 13.2 Å². The summed E-state index contributed by atoms with van der Waals surface area (Å²) in [5, 5.41) is 9.08. The monoisotopic (exact) mass is 411 g/mol. The van der Waals surface area contributed by atoms with Crippen molar-refractivity contribution in [1.82, 2.24) is 4.31 Å². The molecule has 7 heteroatoms. The molecule has 0 saturated heterocycles. The van der Waals surface area contributed by atoms with E-state index in [1.807, 2.05) is 29.5 Å². The molecule has 0 aliphatic carbocycles. The number of carbonyl (C=O) groups is 1. The summed E-state index contributed by atoms with van der Waals surface area (Å²) in [6.07, 6.45) is 1.68. The van der Waals surface area contributed by atoms with Crippen LogP contribution in [0.25, 0.3) is 0 Å². The Morgan fingerprint density at radius 1 is 1.35 bits per heavy atom. The topological polar surface area (TPSA) is 74.7 Å². The molecule has 0 fully saturated rings. The van der Waals surface area contributed by atoms with Crippen molar-refractivity contribution in [2.24, 2.45) is 0 Å². The average molecular weight is 411 g/mol. The van der Waals surface area contributed by atoms with Crippen molar-refractivity contribution in [1.29, 1.82) is 0 Å². The normalized spacial score (nSPS) is 11.8. The predicted molar refractivity (Wildman–Crippen MR) is 85.5 cm³/mol. The molecule has 0 unspecified atom stereocenters. The van der Waals surface area contributed by atoms with Gasteiger partial charge in [0.05, 0.1) is 10.5 Å². The second-order valence-electron chi connectivity index (χ2n) is 4.30. The number of unbranched alkanes of at least 4 members (excludes halogenated alkanes) is 1. The predicted octanol–water partition coefficient (Wildman–Crippen LogP) is 2.80. The molecule has 0 atom stereocenters. The molecular weight excluding hydrogens is 393 g/mol. The Balaban J connectivity index is 3.20. The molecule has 0 bridgehead atoms. The molecule has 1 N–H and O–H groups in total. The number of carboxylic acids is 1. The molecule has 20 heavy (non-hydrogen) atoms. The molecule has 1 rings (SSSR count). The van der Waals surface area contributed by atoms with E-state index in [-0.39, 0.29) is 10.5 Å². The quantitative estimate of drug-likeness (QED) is 0.701. The van der Waals surface area contributed by atoms with Crippen LogP contribution in [-0.2, 0) is 10.0 Å². The van der Waals surface area contributed by atoms with Crippen LogP contribution in [0.1, 0.15) is 37.0 Å². The van der Waals surface area contributed by atoms with E-state index >= 15 is 0 Å². The van der Waals surface area contributed by atoms with E-state index in [2.05, 4.69) is 0 Å². The Morgan fingerprint density at radius 3 is 2.50 bits per heavy atom. The van der Waals surface area contributed by atoms with E-state index in [0.717, 1.165) is 12.8 Å². The van der Waals surface area contributed by atoms with Gasteiger partial charge in [0.25, 0.3) is 0 Å². The minimum absolute atomic E-state index is 0.0122. The summed E-state index contributed by atoms with van der Waals surface area (Å²) in [6, 6.07) is 4.21. The van der Waals surface area contributed by atoms with E-state index in [1.165, 1.54) is 22.5 Å². The zero-order valence-electron chi connectivity index (χ0n) is 11.5. The first kappa shape index (κ1) is 17.4. The molecular formula is C13H18INO4S. The Hall–Kier alpha value is -0.670. The van der Waals surface area contributed by atoms with E-state index in [0.29, 0.717) is 16.7 Å². The summed E-state index contributed by atoms with van der Waals surface area (Å²) in [6.45, 7) is 4.59. The van der Waals surface area contributed by atoms with Crippen LogP contribution in [-0.4, -0.2) is 36.9 Å². The number of benzene rings is 1. The fourth-order valence-corrected chi connectivity index (χ4v) is 3.84. The van der Waals surface area contributed by atoms with Gasteiger partial charge in [-0.15, -0.1) is 0 Å². The number of carboxylic acid groups (broad SMARTS) is 1. The summed E-state index contributed by atoms with van der Waals surface area (Å²) >= 11 is 1.88. The van der Waals surface area contributed by atoms with Crippen molar-refractivity contribution >= 4 is 38.6 Å². The van der Waals surface area contributed by atoms with Crippen LogP contribution in [0, 0.1) is 3.57 Å². The fourth-order valence-electron chi connectivity index (χ4n) is 1.76. The van der Waals surface area contributed by atoms with Crippen molar-refractivity contribution in [3.8, 4) is 0 Å². The van der Waals surface area contributed by atoms with Gasteiger partial charge in [0.1, 0.15) is 0 Å². The highest BCUT2D eigenvalue weighted by atomic mass is 127. The summed E-state index contributed by atoms with van der Waals surface area (Å²) in [5.74, 6) is -1.12. The lowest BCUT2D eigenvalue weighted by Crippen LogP contribution is -2.32. The van der Waals surface area contributed by atoms with Crippen molar-refractivity contribution in [3.05, 3.63) is 27.3 Å². The van der Waals surface area contributed by atoms with Gasteiger partial charge in [0.15, 0.2) is 0 Å². The van der Waals surface area contributed by atoms with E-state index in [4.69, 9.17) is 5.11 Å². The first-order chi connectivity index (χ1) is 9.34. The summed E-state index contributed by atoms with van der Waals surface area (Å²) in [4.78, 5) is 11.1. The molecule has 5 nitrogen and oxygen atoms in total. The van der Waals surface area contributed by atoms with Crippen molar-refractivity contribution in [3.63, 3.8) is 0 Å². The maximum atomic E-state index is 12.5. The van der Waals surface area contributed by atoms with Crippen LogP contribution in [0.3, 0.4) is 0 Å². The Bertz CT molecular complexity index is 586. The molecule has 0 amide bonds. The highest BCUT2D eigenvalue weighted by Gasteiger charge is 2.24. The molecule has 0 spiro atoms. The zero-order chi connectivity index (χ0) is 15.3. The van der Waals surface area contributed by atoms with Gasteiger partial charge < -0.3 is 5.11 Å². The van der Waals surface area contributed by atoms with Gasteiger partial charge in [0, 0.05) is 16.7 Å². The summed E-state index contributed by atoms with van der Waals surface area (Å²) in [5.41, 5.74) is 0.0122. The van der Waals surface area contributed by atoms with Crippen molar-refractivity contribution < 1.29 is 18.3 Å². The van der Waals surface area contributed by atoms with Gasteiger partial charge in [0.2, 0.25) is 10.0 Å². The Labute approximate surface area is 133 Å². The number of aromatic carboxylic acids is 1. The lowest BCUT2D eigenvalue weighted by molar-refractivity contribution is 0.0695. The molecule has 0 aliphatic rings. The third-order valence-corrected chi connectivity index (χ3v) is 5.83. The summed E-state index contributed by atoms with van der Waals surface area (Å²) in [7, 11) is -3.63. The number of hydrogen-bond acceptors (Lipinski definition) is 3. The van der Waals surface area contributed by atoms with Crippen molar-refractivity contribution in [2.45, 2.75) is 31.6 Å². The number of halogens is 1. The molecule has 0 heterocycles. The molecule has 0 aliphatic heterocycles. The molecule has 1 aromatic rings. The van der Waals surface area contributed by atoms with Gasteiger partial charge in [-0.05, 0) is 47.2 Å². The van der Waals surface area contributed by atoms with Crippen LogP contribution >= 0.6 is 22.6 Å². The highest BCUT2D eigenvalue weighted by molar-refractivity contribution is 14.1. The van der Waals surface area contributed by atoms with Crippen LogP contribution in [0.15, 0.2) is 23.1 Å². The molecule has 1 aromatic carbocycles. The number of sulfonamides is 1. The molecule has 0 aromatic heterocycles. The Morgan fingerprint density at radius 2 is 2.00 bits per heavy atom. The van der Waals surface area contributed by atoms with E-state index in [1.54, 1.807) is 6.92 Å². The van der Waals surface area contributed by atoms with Gasteiger partial charge >= 0.3 is 5.97 Å². The summed E-state index contributed by atoms with van der Waals surface area (Å²) < 4.78 is 26.9.